The Kier molecular flexibility index (Phi) is 4.08. The van der Waals surface area contributed by atoms with Crippen LogP contribution in [0.5, 0.6) is 5.75 Å². The third kappa shape index (κ3) is 3.18. The van der Waals surface area contributed by atoms with Gasteiger partial charge in [-0.05, 0) is 24.3 Å². The van der Waals surface area contributed by atoms with Crippen LogP contribution in [0.3, 0.4) is 0 Å². The van der Waals surface area contributed by atoms with E-state index in [2.05, 4.69) is 11.1 Å². The highest BCUT2D eigenvalue weighted by Gasteiger charge is 2.06. The lowest BCUT2D eigenvalue weighted by atomic mass is 10.2. The van der Waals surface area contributed by atoms with Gasteiger partial charge in [0.25, 0.3) is 5.22 Å². The first-order valence-electron chi connectivity index (χ1n) is 6.47. The average Bonchev–Trinajstić information content (AvgIpc) is 2.94. The second-order valence-electron chi connectivity index (χ2n) is 4.25. The van der Waals surface area contributed by atoms with Gasteiger partial charge in [-0.3, -0.25) is 0 Å². The Labute approximate surface area is 126 Å². The van der Waals surface area contributed by atoms with Crippen LogP contribution in [-0.4, -0.2) is 17.3 Å². The normalized spacial score (nSPS) is 10.4. The molecule has 0 spiro atoms. The number of rotatable bonds is 5. The van der Waals surface area contributed by atoms with Crippen molar-refractivity contribution in [2.24, 2.45) is 0 Å². The van der Waals surface area contributed by atoms with E-state index in [4.69, 9.17) is 14.4 Å². The molecule has 1 aromatic heterocycles. The molecule has 21 heavy (non-hydrogen) atoms. The summed E-state index contributed by atoms with van der Waals surface area (Å²) in [5.74, 6) is 1.31. The largest absolute Gasteiger partial charge is 0.491 e. The van der Waals surface area contributed by atoms with Crippen molar-refractivity contribution < 1.29 is 9.15 Å². The number of oxazole rings is 1. The molecule has 3 aromatic rings. The Balaban J connectivity index is 1.55. The molecule has 0 N–H and O–H groups in total. The van der Waals surface area contributed by atoms with Gasteiger partial charge in [0.2, 0.25) is 0 Å². The topological polar surface area (TPSA) is 59.0 Å². The van der Waals surface area contributed by atoms with Crippen LogP contribution in [0, 0.1) is 11.3 Å². The molecule has 5 heteroatoms. The summed E-state index contributed by atoms with van der Waals surface area (Å²) in [6.07, 6.45) is 0. The van der Waals surface area contributed by atoms with Crippen LogP contribution in [-0.2, 0) is 0 Å². The predicted octanol–water partition coefficient (Wildman–Crippen LogP) is 3.87. The smallest absolute Gasteiger partial charge is 0.256 e. The SMILES string of the molecule is N#Cc1ccccc1OCCSc1nc2ccccc2o1. The number of nitriles is 1. The van der Waals surface area contributed by atoms with Crippen molar-refractivity contribution in [2.75, 3.05) is 12.4 Å². The number of aromatic nitrogens is 1. The van der Waals surface area contributed by atoms with Crippen LogP contribution in [0.25, 0.3) is 11.1 Å². The molecule has 0 aliphatic carbocycles. The van der Waals surface area contributed by atoms with E-state index in [-0.39, 0.29) is 0 Å². The molecule has 0 aliphatic rings. The zero-order valence-corrected chi connectivity index (χ0v) is 12.0. The molecule has 3 rings (SSSR count). The maximum absolute atomic E-state index is 8.97. The molecule has 0 saturated carbocycles. The second-order valence-corrected chi connectivity index (χ2v) is 5.30. The minimum atomic E-state index is 0.488. The van der Waals surface area contributed by atoms with Crippen molar-refractivity contribution in [2.45, 2.75) is 5.22 Å². The fourth-order valence-electron chi connectivity index (χ4n) is 1.88. The van der Waals surface area contributed by atoms with Gasteiger partial charge >= 0.3 is 0 Å². The van der Waals surface area contributed by atoms with Crippen LogP contribution < -0.4 is 4.74 Å². The molecule has 1 heterocycles. The van der Waals surface area contributed by atoms with Crippen molar-refractivity contribution >= 4 is 22.9 Å². The van der Waals surface area contributed by atoms with Gasteiger partial charge in [-0.25, -0.2) is 4.98 Å². The lowest BCUT2D eigenvalue weighted by molar-refractivity contribution is 0.342. The van der Waals surface area contributed by atoms with Crippen molar-refractivity contribution in [1.29, 1.82) is 5.26 Å². The Bertz CT molecular complexity index is 759. The summed E-state index contributed by atoms with van der Waals surface area (Å²) in [4.78, 5) is 4.38. The van der Waals surface area contributed by atoms with Crippen molar-refractivity contribution in [3.05, 3.63) is 54.1 Å². The van der Waals surface area contributed by atoms with E-state index >= 15 is 0 Å². The van der Waals surface area contributed by atoms with Gasteiger partial charge in [-0.1, -0.05) is 36.0 Å². The quantitative estimate of drug-likeness (QED) is 0.528. The molecule has 0 unspecified atom stereocenters. The van der Waals surface area contributed by atoms with Crippen LogP contribution in [0.2, 0.25) is 0 Å². The van der Waals surface area contributed by atoms with Gasteiger partial charge in [-0.2, -0.15) is 5.26 Å². The number of benzene rings is 2. The zero-order chi connectivity index (χ0) is 14.5. The minimum absolute atomic E-state index is 0.488. The van der Waals surface area contributed by atoms with Crippen molar-refractivity contribution in [3.8, 4) is 11.8 Å². The number of ether oxygens (including phenoxy) is 1. The number of thioether (sulfide) groups is 1. The first kappa shape index (κ1) is 13.5. The minimum Gasteiger partial charge on any atom is -0.491 e. The lowest BCUT2D eigenvalue weighted by Crippen LogP contribution is -2.01. The summed E-state index contributed by atoms with van der Waals surface area (Å²) in [7, 11) is 0. The Morgan fingerprint density at radius 3 is 2.81 bits per heavy atom. The standard InChI is InChI=1S/C16H12N2O2S/c17-11-12-5-1-3-7-14(12)19-9-10-21-16-18-13-6-2-4-8-15(13)20-16/h1-8H,9-10H2. The maximum atomic E-state index is 8.97. The van der Waals surface area contributed by atoms with Crippen LogP contribution >= 0.6 is 11.8 Å². The van der Waals surface area contributed by atoms with E-state index in [1.54, 1.807) is 12.1 Å². The summed E-state index contributed by atoms with van der Waals surface area (Å²) >= 11 is 1.49. The second kappa shape index (κ2) is 6.33. The van der Waals surface area contributed by atoms with Gasteiger partial charge in [0.1, 0.15) is 17.3 Å². The molecule has 0 radical (unpaired) electrons. The fraction of sp³-hybridized carbons (Fsp3) is 0.125. The van der Waals surface area contributed by atoms with E-state index in [9.17, 15) is 0 Å². The number of fused-ring (bicyclic) bond motifs is 1. The Morgan fingerprint density at radius 2 is 1.95 bits per heavy atom. The number of hydrogen-bond acceptors (Lipinski definition) is 5. The molecule has 0 amide bonds. The third-order valence-corrected chi connectivity index (χ3v) is 3.64. The van der Waals surface area contributed by atoms with Crippen LogP contribution in [0.1, 0.15) is 5.56 Å². The van der Waals surface area contributed by atoms with Crippen LogP contribution in [0.15, 0.2) is 58.2 Å². The predicted molar refractivity (Wildman–Crippen MR) is 81.4 cm³/mol. The van der Waals surface area contributed by atoms with Gasteiger partial charge in [0.15, 0.2) is 5.58 Å². The molecular formula is C16H12N2O2S. The molecule has 2 aromatic carbocycles. The summed E-state index contributed by atoms with van der Waals surface area (Å²) in [5.41, 5.74) is 2.19. The Hall–Kier alpha value is -2.45. The number of hydrogen-bond donors (Lipinski definition) is 0. The summed E-state index contributed by atoms with van der Waals surface area (Å²) in [6.45, 7) is 0.488. The van der Waals surface area contributed by atoms with Crippen molar-refractivity contribution in [3.63, 3.8) is 0 Å². The molecule has 0 bridgehead atoms. The van der Waals surface area contributed by atoms with E-state index in [0.29, 0.717) is 28.9 Å². The molecule has 0 aliphatic heterocycles. The fourth-order valence-corrected chi connectivity index (χ4v) is 2.53. The Morgan fingerprint density at radius 1 is 1.14 bits per heavy atom. The molecular weight excluding hydrogens is 284 g/mol. The van der Waals surface area contributed by atoms with Gasteiger partial charge in [-0.15, -0.1) is 0 Å². The first-order valence-corrected chi connectivity index (χ1v) is 7.45. The van der Waals surface area contributed by atoms with E-state index in [1.807, 2.05) is 36.4 Å². The van der Waals surface area contributed by atoms with E-state index in [0.717, 1.165) is 11.1 Å². The van der Waals surface area contributed by atoms with Gasteiger partial charge < -0.3 is 9.15 Å². The third-order valence-electron chi connectivity index (χ3n) is 2.85. The molecule has 4 nitrogen and oxygen atoms in total. The van der Waals surface area contributed by atoms with Crippen LogP contribution in [0.4, 0.5) is 0 Å². The van der Waals surface area contributed by atoms with Gasteiger partial charge in [0.05, 0.1) is 12.2 Å². The number of nitrogens with zero attached hydrogens (tertiary/aromatic N) is 2. The molecule has 0 saturated heterocycles. The average molecular weight is 296 g/mol. The van der Waals surface area contributed by atoms with E-state index < -0.39 is 0 Å². The first-order chi connectivity index (χ1) is 10.4. The van der Waals surface area contributed by atoms with Crippen molar-refractivity contribution in [1.82, 2.24) is 4.98 Å². The van der Waals surface area contributed by atoms with Gasteiger partial charge in [0, 0.05) is 5.75 Å². The highest BCUT2D eigenvalue weighted by atomic mass is 32.2. The van der Waals surface area contributed by atoms with E-state index in [1.165, 1.54) is 11.8 Å². The number of para-hydroxylation sites is 3. The molecule has 0 atom stereocenters. The zero-order valence-electron chi connectivity index (χ0n) is 11.2. The highest BCUT2D eigenvalue weighted by Crippen LogP contribution is 2.23. The molecule has 104 valence electrons. The monoisotopic (exact) mass is 296 g/mol. The summed E-state index contributed by atoms with van der Waals surface area (Å²) < 4.78 is 11.2. The maximum Gasteiger partial charge on any atom is 0.256 e. The highest BCUT2D eigenvalue weighted by molar-refractivity contribution is 7.99. The lowest BCUT2D eigenvalue weighted by Gasteiger charge is -2.05. The summed E-state index contributed by atoms with van der Waals surface area (Å²) in [6, 6.07) is 17.0. The summed E-state index contributed by atoms with van der Waals surface area (Å²) in [5, 5.41) is 9.61. The molecule has 0 fully saturated rings.